The van der Waals surface area contributed by atoms with Crippen LogP contribution in [0.3, 0.4) is 0 Å². The predicted molar refractivity (Wildman–Crippen MR) is 110 cm³/mol. The molecule has 4 rings (SSSR count). The van der Waals surface area contributed by atoms with Gasteiger partial charge in [0.2, 0.25) is 11.8 Å². The molecule has 0 aromatic heterocycles. The number of carbonyl (C=O) groups excluding carboxylic acids is 4. The number of hydrogen-bond donors (Lipinski definition) is 1. The largest absolute Gasteiger partial charge is 0.456 e. The SMILES string of the molecule is O=C(COC(=O)CCN1C(=O)[C@H]2CCCC[C@H]2C1=O)Nc1ccc2ccccc2c1. The van der Waals surface area contributed by atoms with E-state index in [0.29, 0.717) is 5.69 Å². The zero-order chi connectivity index (χ0) is 21.1. The minimum atomic E-state index is -0.612. The smallest absolute Gasteiger partial charge is 0.308 e. The van der Waals surface area contributed by atoms with E-state index in [0.717, 1.165) is 36.5 Å². The van der Waals surface area contributed by atoms with Crippen molar-refractivity contribution in [1.82, 2.24) is 4.90 Å². The molecule has 0 bridgehead atoms. The zero-order valence-electron chi connectivity index (χ0n) is 16.6. The summed E-state index contributed by atoms with van der Waals surface area (Å²) in [6, 6.07) is 13.3. The number of imide groups is 1. The second kappa shape index (κ2) is 8.65. The molecular weight excluding hydrogens is 384 g/mol. The Morgan fingerprint density at radius 2 is 1.63 bits per heavy atom. The van der Waals surface area contributed by atoms with Crippen molar-refractivity contribution in [2.24, 2.45) is 11.8 Å². The van der Waals surface area contributed by atoms with E-state index >= 15 is 0 Å². The van der Waals surface area contributed by atoms with Crippen LogP contribution in [0.25, 0.3) is 10.8 Å². The molecule has 1 heterocycles. The third kappa shape index (κ3) is 4.20. The summed E-state index contributed by atoms with van der Waals surface area (Å²) in [6.45, 7) is -0.408. The summed E-state index contributed by atoms with van der Waals surface area (Å²) in [7, 11) is 0. The van der Waals surface area contributed by atoms with Gasteiger partial charge in [0.25, 0.3) is 5.91 Å². The van der Waals surface area contributed by atoms with E-state index in [1.165, 1.54) is 4.90 Å². The molecule has 3 amide bonds. The van der Waals surface area contributed by atoms with Crippen LogP contribution in [0, 0.1) is 11.8 Å². The summed E-state index contributed by atoms with van der Waals surface area (Å²) in [4.78, 5) is 50.1. The number of benzene rings is 2. The molecule has 0 spiro atoms. The van der Waals surface area contributed by atoms with Gasteiger partial charge in [0.1, 0.15) is 0 Å². The fourth-order valence-electron chi connectivity index (χ4n) is 4.34. The first kappa shape index (κ1) is 20.1. The van der Waals surface area contributed by atoms with Crippen LogP contribution in [0.15, 0.2) is 42.5 Å². The number of nitrogens with zero attached hydrogens (tertiary/aromatic N) is 1. The van der Waals surface area contributed by atoms with Gasteiger partial charge in [-0.05, 0) is 35.7 Å². The van der Waals surface area contributed by atoms with Gasteiger partial charge in [0, 0.05) is 12.2 Å². The monoisotopic (exact) mass is 408 g/mol. The van der Waals surface area contributed by atoms with Gasteiger partial charge in [-0.3, -0.25) is 24.1 Å². The van der Waals surface area contributed by atoms with Gasteiger partial charge in [-0.15, -0.1) is 0 Å². The minimum absolute atomic E-state index is 0.00972. The molecule has 7 nitrogen and oxygen atoms in total. The normalized spacial score (nSPS) is 20.9. The van der Waals surface area contributed by atoms with Gasteiger partial charge in [-0.2, -0.15) is 0 Å². The average Bonchev–Trinajstić information content (AvgIpc) is 3.01. The number of likely N-dealkylation sites (tertiary alicyclic amines) is 1. The second-order valence-corrected chi connectivity index (χ2v) is 7.85. The number of rotatable bonds is 6. The number of hydrogen-bond acceptors (Lipinski definition) is 5. The van der Waals surface area contributed by atoms with E-state index < -0.39 is 18.5 Å². The predicted octanol–water partition coefficient (Wildman–Crippen LogP) is 2.89. The van der Waals surface area contributed by atoms with Crippen molar-refractivity contribution >= 4 is 40.2 Å². The fourth-order valence-corrected chi connectivity index (χ4v) is 4.34. The molecule has 2 aromatic carbocycles. The molecule has 1 aliphatic carbocycles. The molecule has 0 radical (unpaired) electrons. The molecule has 1 N–H and O–H groups in total. The van der Waals surface area contributed by atoms with Crippen molar-refractivity contribution in [3.8, 4) is 0 Å². The van der Waals surface area contributed by atoms with Gasteiger partial charge >= 0.3 is 5.97 Å². The molecule has 7 heteroatoms. The quantitative estimate of drug-likeness (QED) is 0.586. The van der Waals surface area contributed by atoms with Crippen molar-refractivity contribution in [3.63, 3.8) is 0 Å². The number of nitrogens with one attached hydrogen (secondary N) is 1. The van der Waals surface area contributed by atoms with Crippen LogP contribution in [0.5, 0.6) is 0 Å². The van der Waals surface area contributed by atoms with Gasteiger partial charge in [-0.25, -0.2) is 0 Å². The first-order chi connectivity index (χ1) is 14.5. The van der Waals surface area contributed by atoms with Crippen molar-refractivity contribution in [2.75, 3.05) is 18.5 Å². The lowest BCUT2D eigenvalue weighted by Gasteiger charge is -2.19. The molecule has 2 aromatic rings. The van der Waals surface area contributed by atoms with Crippen LogP contribution in [0.1, 0.15) is 32.1 Å². The van der Waals surface area contributed by atoms with Crippen LogP contribution in [-0.4, -0.2) is 41.7 Å². The topological polar surface area (TPSA) is 92.8 Å². The third-order valence-electron chi connectivity index (χ3n) is 5.87. The van der Waals surface area contributed by atoms with Crippen molar-refractivity contribution in [1.29, 1.82) is 0 Å². The van der Waals surface area contributed by atoms with E-state index in [9.17, 15) is 19.2 Å². The van der Waals surface area contributed by atoms with Crippen LogP contribution < -0.4 is 5.32 Å². The fraction of sp³-hybridized carbons (Fsp3) is 0.391. The number of ether oxygens (including phenoxy) is 1. The lowest BCUT2D eigenvalue weighted by Crippen LogP contribution is -2.33. The summed E-state index contributed by atoms with van der Waals surface area (Å²) >= 11 is 0. The van der Waals surface area contributed by atoms with E-state index in [-0.39, 0.29) is 36.6 Å². The molecule has 0 unspecified atom stereocenters. The van der Waals surface area contributed by atoms with E-state index in [1.54, 1.807) is 6.07 Å². The molecule has 1 saturated heterocycles. The van der Waals surface area contributed by atoms with Gasteiger partial charge < -0.3 is 10.1 Å². The lowest BCUT2D eigenvalue weighted by atomic mass is 9.81. The maximum atomic E-state index is 12.4. The van der Waals surface area contributed by atoms with E-state index in [4.69, 9.17) is 4.74 Å². The van der Waals surface area contributed by atoms with E-state index in [1.807, 2.05) is 36.4 Å². The standard InChI is InChI=1S/C23H24N2O5/c26-20(24-17-10-9-15-5-1-2-6-16(15)13-17)14-30-21(27)11-12-25-22(28)18-7-3-4-8-19(18)23(25)29/h1-2,5-6,9-10,13,18-19H,3-4,7-8,11-12,14H2,(H,24,26)/t18-,19+. The summed E-state index contributed by atoms with van der Waals surface area (Å²) in [5.74, 6) is -1.86. The highest BCUT2D eigenvalue weighted by Gasteiger charge is 2.47. The van der Waals surface area contributed by atoms with Crippen LogP contribution >= 0.6 is 0 Å². The van der Waals surface area contributed by atoms with Crippen molar-refractivity contribution in [2.45, 2.75) is 32.1 Å². The van der Waals surface area contributed by atoms with Gasteiger partial charge in [0.05, 0.1) is 18.3 Å². The summed E-state index contributed by atoms with van der Waals surface area (Å²) in [5, 5.41) is 4.76. The number of anilines is 1. The number of fused-ring (bicyclic) bond motifs is 2. The summed E-state index contributed by atoms with van der Waals surface area (Å²) in [5.41, 5.74) is 0.616. The maximum Gasteiger partial charge on any atom is 0.308 e. The van der Waals surface area contributed by atoms with Crippen LogP contribution in [-0.2, 0) is 23.9 Å². The van der Waals surface area contributed by atoms with Crippen molar-refractivity contribution < 1.29 is 23.9 Å². The number of carbonyl (C=O) groups is 4. The molecule has 156 valence electrons. The second-order valence-electron chi connectivity index (χ2n) is 7.85. The maximum absolute atomic E-state index is 12.4. The summed E-state index contributed by atoms with van der Waals surface area (Å²) in [6.07, 6.45) is 3.29. The Hall–Kier alpha value is -3.22. The molecule has 2 atom stereocenters. The highest BCUT2D eigenvalue weighted by Crippen LogP contribution is 2.37. The molecule has 1 aliphatic heterocycles. The highest BCUT2D eigenvalue weighted by atomic mass is 16.5. The molecule has 1 saturated carbocycles. The van der Waals surface area contributed by atoms with Crippen molar-refractivity contribution in [3.05, 3.63) is 42.5 Å². The summed E-state index contributed by atoms with van der Waals surface area (Å²) < 4.78 is 5.01. The Balaban J connectivity index is 1.24. The highest BCUT2D eigenvalue weighted by molar-refractivity contribution is 6.05. The Labute approximate surface area is 174 Å². The lowest BCUT2D eigenvalue weighted by molar-refractivity contribution is -0.148. The Morgan fingerprint density at radius 1 is 0.967 bits per heavy atom. The third-order valence-corrected chi connectivity index (χ3v) is 5.87. The van der Waals surface area contributed by atoms with Gasteiger partial charge in [-0.1, -0.05) is 43.2 Å². The Morgan fingerprint density at radius 3 is 2.33 bits per heavy atom. The van der Waals surface area contributed by atoms with Gasteiger partial charge in [0.15, 0.2) is 6.61 Å². The molecule has 2 fully saturated rings. The molecule has 30 heavy (non-hydrogen) atoms. The van der Waals surface area contributed by atoms with E-state index in [2.05, 4.69) is 5.32 Å². The minimum Gasteiger partial charge on any atom is -0.456 e. The Kier molecular flexibility index (Phi) is 5.79. The number of amides is 3. The average molecular weight is 408 g/mol. The van der Waals surface area contributed by atoms with Crippen LogP contribution in [0.4, 0.5) is 5.69 Å². The Bertz CT molecular complexity index is 978. The number of esters is 1. The first-order valence-corrected chi connectivity index (χ1v) is 10.3. The zero-order valence-corrected chi connectivity index (χ0v) is 16.6. The molecular formula is C23H24N2O5. The molecule has 2 aliphatic rings. The van der Waals surface area contributed by atoms with Crippen LogP contribution in [0.2, 0.25) is 0 Å². The first-order valence-electron chi connectivity index (χ1n) is 10.3.